The van der Waals surface area contributed by atoms with Crippen molar-refractivity contribution >= 4 is 23.4 Å². The molecule has 0 saturated carbocycles. The predicted octanol–water partition coefficient (Wildman–Crippen LogP) is 2.50. The Morgan fingerprint density at radius 2 is 2.19 bits per heavy atom. The summed E-state index contributed by atoms with van der Waals surface area (Å²) < 4.78 is 26.1. The van der Waals surface area contributed by atoms with Crippen LogP contribution in [-0.2, 0) is 0 Å². The van der Waals surface area contributed by atoms with E-state index in [2.05, 4.69) is 10.3 Å². The summed E-state index contributed by atoms with van der Waals surface area (Å²) in [6.07, 6.45) is 2.88. The van der Waals surface area contributed by atoms with E-state index >= 15 is 0 Å². The van der Waals surface area contributed by atoms with Gasteiger partial charge in [0.2, 0.25) is 0 Å². The maximum atomic E-state index is 13.3. The molecule has 0 saturated heterocycles. The molecule has 6 heteroatoms. The summed E-state index contributed by atoms with van der Waals surface area (Å²) in [7, 11) is 0. The first-order valence-corrected chi connectivity index (χ1v) is 6.31. The summed E-state index contributed by atoms with van der Waals surface area (Å²) in [6.45, 7) is 1.91. The normalized spacial score (nSPS) is 12.5. The van der Waals surface area contributed by atoms with Gasteiger partial charge in [-0.05, 0) is 25.4 Å². The van der Waals surface area contributed by atoms with Crippen molar-refractivity contribution in [2.75, 3.05) is 23.1 Å². The number of nitrogens with one attached hydrogen (secondary N) is 1. The molecule has 0 aliphatic rings. The molecule has 0 fully saturated rings. The minimum absolute atomic E-state index is 0.00695. The molecule has 1 rings (SSSR count). The van der Waals surface area contributed by atoms with E-state index in [1.54, 1.807) is 11.8 Å². The number of thioether (sulfide) groups is 1. The minimum atomic E-state index is -0.834. The smallest absolute Gasteiger partial charge is 0.168 e. The van der Waals surface area contributed by atoms with Crippen LogP contribution in [0.2, 0.25) is 0 Å². The Bertz CT molecular complexity index is 360. The Morgan fingerprint density at radius 1 is 1.50 bits per heavy atom. The fourth-order valence-electron chi connectivity index (χ4n) is 1.18. The molecule has 1 atom stereocenters. The van der Waals surface area contributed by atoms with E-state index in [0.717, 1.165) is 18.2 Å². The lowest BCUT2D eigenvalue weighted by molar-refractivity contribution is 0.577. The summed E-state index contributed by atoms with van der Waals surface area (Å²) in [5.74, 6) is -0.872. The fraction of sp³-hybridized carbons (Fsp3) is 0.500. The first kappa shape index (κ1) is 13.0. The molecule has 0 aliphatic heterocycles. The van der Waals surface area contributed by atoms with Crippen molar-refractivity contribution in [3.8, 4) is 0 Å². The average molecular weight is 247 g/mol. The lowest BCUT2D eigenvalue weighted by atomic mass is 10.2. The molecule has 0 amide bonds. The molecule has 0 spiro atoms. The Morgan fingerprint density at radius 3 is 2.81 bits per heavy atom. The number of rotatable bonds is 5. The van der Waals surface area contributed by atoms with Gasteiger partial charge in [-0.25, -0.2) is 13.8 Å². The number of nitrogens with zero attached hydrogens (tertiary/aromatic N) is 1. The third-order valence-corrected chi connectivity index (χ3v) is 2.74. The number of nitrogens with two attached hydrogens (primary N) is 1. The first-order valence-electron chi connectivity index (χ1n) is 4.91. The van der Waals surface area contributed by atoms with Gasteiger partial charge in [0.25, 0.3) is 0 Å². The van der Waals surface area contributed by atoms with Gasteiger partial charge in [0.15, 0.2) is 23.3 Å². The summed E-state index contributed by atoms with van der Waals surface area (Å²) in [5.41, 5.74) is 5.27. The molecular formula is C10H15F2N3S. The third kappa shape index (κ3) is 3.52. The summed E-state index contributed by atoms with van der Waals surface area (Å²) >= 11 is 1.71. The molecule has 0 bridgehead atoms. The van der Waals surface area contributed by atoms with Crippen LogP contribution in [0.3, 0.4) is 0 Å². The van der Waals surface area contributed by atoms with Crippen molar-refractivity contribution in [3.05, 3.63) is 17.7 Å². The van der Waals surface area contributed by atoms with Crippen LogP contribution in [0.5, 0.6) is 0 Å². The Labute approximate surface area is 97.8 Å². The van der Waals surface area contributed by atoms with Crippen molar-refractivity contribution in [1.82, 2.24) is 4.98 Å². The number of pyridine rings is 1. The quantitative estimate of drug-likeness (QED) is 0.839. The van der Waals surface area contributed by atoms with Gasteiger partial charge in [-0.15, -0.1) is 0 Å². The van der Waals surface area contributed by atoms with Gasteiger partial charge in [-0.1, -0.05) is 0 Å². The molecule has 0 radical (unpaired) electrons. The van der Waals surface area contributed by atoms with Crippen LogP contribution < -0.4 is 11.1 Å². The van der Waals surface area contributed by atoms with E-state index in [-0.39, 0.29) is 17.7 Å². The van der Waals surface area contributed by atoms with Crippen LogP contribution in [0.1, 0.15) is 13.3 Å². The number of anilines is 2. The van der Waals surface area contributed by atoms with Crippen molar-refractivity contribution in [1.29, 1.82) is 0 Å². The second kappa shape index (κ2) is 5.89. The highest BCUT2D eigenvalue weighted by Crippen LogP contribution is 2.18. The maximum absolute atomic E-state index is 13.3. The van der Waals surface area contributed by atoms with Gasteiger partial charge in [0, 0.05) is 12.1 Å². The Kier molecular flexibility index (Phi) is 4.79. The van der Waals surface area contributed by atoms with Crippen LogP contribution in [0.15, 0.2) is 6.07 Å². The van der Waals surface area contributed by atoms with E-state index in [1.165, 1.54) is 0 Å². The van der Waals surface area contributed by atoms with E-state index in [9.17, 15) is 8.78 Å². The van der Waals surface area contributed by atoms with Crippen molar-refractivity contribution in [2.45, 2.75) is 19.4 Å². The highest BCUT2D eigenvalue weighted by Gasteiger charge is 2.11. The van der Waals surface area contributed by atoms with Crippen molar-refractivity contribution < 1.29 is 8.78 Å². The van der Waals surface area contributed by atoms with Crippen LogP contribution >= 0.6 is 11.8 Å². The number of aromatic nitrogens is 1. The largest absolute Gasteiger partial charge is 0.381 e. The lowest BCUT2D eigenvalue weighted by Gasteiger charge is -2.14. The van der Waals surface area contributed by atoms with Gasteiger partial charge in [-0.2, -0.15) is 11.8 Å². The maximum Gasteiger partial charge on any atom is 0.168 e. The second-order valence-corrected chi connectivity index (χ2v) is 4.50. The van der Waals surface area contributed by atoms with Gasteiger partial charge in [0.1, 0.15) is 0 Å². The average Bonchev–Trinajstić information content (AvgIpc) is 2.23. The molecule has 16 heavy (non-hydrogen) atoms. The minimum Gasteiger partial charge on any atom is -0.381 e. The molecule has 1 aromatic rings. The zero-order chi connectivity index (χ0) is 12.1. The molecule has 1 unspecified atom stereocenters. The Hall–Kier alpha value is -1.04. The SMILES string of the molecule is CSCCC(C)Nc1nc(N)c(F)cc1F. The zero-order valence-corrected chi connectivity index (χ0v) is 10.1. The van der Waals surface area contributed by atoms with Gasteiger partial charge < -0.3 is 11.1 Å². The van der Waals surface area contributed by atoms with E-state index < -0.39 is 11.6 Å². The van der Waals surface area contributed by atoms with Gasteiger partial charge in [0.05, 0.1) is 0 Å². The van der Waals surface area contributed by atoms with Crippen LogP contribution in [0, 0.1) is 11.6 Å². The van der Waals surface area contributed by atoms with Gasteiger partial charge in [-0.3, -0.25) is 0 Å². The second-order valence-electron chi connectivity index (χ2n) is 3.51. The molecule has 0 aromatic carbocycles. The summed E-state index contributed by atoms with van der Waals surface area (Å²) in [5, 5.41) is 2.87. The van der Waals surface area contributed by atoms with Crippen molar-refractivity contribution in [2.24, 2.45) is 0 Å². The Balaban J connectivity index is 2.69. The highest BCUT2D eigenvalue weighted by atomic mass is 32.2. The third-order valence-electron chi connectivity index (χ3n) is 2.09. The molecule has 90 valence electrons. The molecular weight excluding hydrogens is 232 g/mol. The van der Waals surface area contributed by atoms with E-state index in [4.69, 9.17) is 5.73 Å². The van der Waals surface area contributed by atoms with Crippen LogP contribution in [0.25, 0.3) is 0 Å². The van der Waals surface area contributed by atoms with Crippen LogP contribution in [-0.4, -0.2) is 23.0 Å². The van der Waals surface area contributed by atoms with Gasteiger partial charge >= 0.3 is 0 Å². The molecule has 0 aliphatic carbocycles. The van der Waals surface area contributed by atoms with Crippen molar-refractivity contribution in [3.63, 3.8) is 0 Å². The standard InChI is InChI=1S/C10H15F2N3S/c1-6(3-4-16-2)14-10-8(12)5-7(11)9(13)15-10/h5-6H,3-4H2,1-2H3,(H3,13,14,15). The molecule has 1 heterocycles. The first-order chi connectivity index (χ1) is 7.54. The molecule has 3 nitrogen and oxygen atoms in total. The number of hydrogen-bond donors (Lipinski definition) is 2. The number of nitrogen functional groups attached to an aromatic ring is 1. The monoisotopic (exact) mass is 247 g/mol. The number of hydrogen-bond acceptors (Lipinski definition) is 4. The highest BCUT2D eigenvalue weighted by molar-refractivity contribution is 7.98. The molecule has 3 N–H and O–H groups in total. The lowest BCUT2D eigenvalue weighted by Crippen LogP contribution is -2.18. The molecule has 1 aromatic heterocycles. The fourth-order valence-corrected chi connectivity index (χ4v) is 1.77. The van der Waals surface area contributed by atoms with E-state index in [1.807, 2.05) is 13.2 Å². The number of halogens is 2. The van der Waals surface area contributed by atoms with E-state index in [0.29, 0.717) is 0 Å². The predicted molar refractivity (Wildman–Crippen MR) is 64.6 cm³/mol. The topological polar surface area (TPSA) is 50.9 Å². The summed E-state index contributed by atoms with van der Waals surface area (Å²) in [4.78, 5) is 3.63. The summed E-state index contributed by atoms with van der Waals surface area (Å²) in [6, 6.07) is 0.811. The van der Waals surface area contributed by atoms with Crippen LogP contribution in [0.4, 0.5) is 20.4 Å². The zero-order valence-electron chi connectivity index (χ0n) is 9.26.